The molecule has 25 heavy (non-hydrogen) atoms. The summed E-state index contributed by atoms with van der Waals surface area (Å²) in [6, 6.07) is 19.4. The summed E-state index contributed by atoms with van der Waals surface area (Å²) in [7, 11) is 0. The Kier molecular flexibility index (Phi) is 5.51. The van der Waals surface area contributed by atoms with Crippen molar-refractivity contribution in [2.45, 2.75) is 25.7 Å². The minimum atomic E-state index is -0.793. The molecule has 0 amide bonds. The normalized spacial score (nSPS) is 11.9. The maximum atomic E-state index is 11.5. The predicted molar refractivity (Wildman–Crippen MR) is 101 cm³/mol. The molecule has 128 valence electrons. The molecule has 2 aromatic carbocycles. The number of rotatable bonds is 7. The van der Waals surface area contributed by atoms with Crippen LogP contribution in [0, 0.1) is 0 Å². The largest absolute Gasteiger partial charge is 0.481 e. The van der Waals surface area contributed by atoms with Crippen molar-refractivity contribution in [1.29, 1.82) is 0 Å². The summed E-state index contributed by atoms with van der Waals surface area (Å²) in [6.07, 6.45) is 1.48. The molecular weight excluding hydrogens is 332 g/mol. The van der Waals surface area contributed by atoms with Crippen molar-refractivity contribution in [2.24, 2.45) is 0 Å². The van der Waals surface area contributed by atoms with Gasteiger partial charge in [-0.15, -0.1) is 11.3 Å². The zero-order chi connectivity index (χ0) is 17.6. The fraction of sp³-hybridized carbons (Fsp3) is 0.190. The monoisotopic (exact) mass is 352 g/mol. The van der Waals surface area contributed by atoms with Gasteiger partial charge >= 0.3 is 5.97 Å². The van der Waals surface area contributed by atoms with Crippen molar-refractivity contribution in [3.63, 3.8) is 0 Å². The summed E-state index contributed by atoms with van der Waals surface area (Å²) in [5, 5.41) is 11.4. The van der Waals surface area contributed by atoms with E-state index in [0.717, 1.165) is 28.4 Å². The molecule has 3 nitrogen and oxygen atoms in total. The van der Waals surface area contributed by atoms with Crippen LogP contribution in [0.1, 0.15) is 28.8 Å². The lowest BCUT2D eigenvalue weighted by atomic mass is 9.98. The van der Waals surface area contributed by atoms with Gasteiger partial charge < -0.3 is 9.84 Å². The Hall–Kier alpha value is -2.59. The lowest BCUT2D eigenvalue weighted by Crippen LogP contribution is -2.13. The van der Waals surface area contributed by atoms with Crippen LogP contribution < -0.4 is 4.74 Å². The first kappa shape index (κ1) is 17.2. The van der Waals surface area contributed by atoms with Gasteiger partial charge in [0.05, 0.1) is 5.92 Å². The SMILES string of the molecule is CCc1ccc(Oc2ccc(CC(C(=O)O)c3cccs3)cc2)cc1. The molecule has 1 heterocycles. The third kappa shape index (κ3) is 4.48. The second-order valence-corrected chi connectivity index (χ2v) is 6.83. The summed E-state index contributed by atoms with van der Waals surface area (Å²) in [5.74, 6) is 0.245. The van der Waals surface area contributed by atoms with Crippen LogP contribution in [-0.4, -0.2) is 11.1 Å². The third-order valence-electron chi connectivity index (χ3n) is 4.12. The van der Waals surface area contributed by atoms with Crippen molar-refractivity contribution in [2.75, 3.05) is 0 Å². The van der Waals surface area contributed by atoms with Crippen molar-refractivity contribution in [3.8, 4) is 11.5 Å². The Labute approximate surface area is 151 Å². The highest BCUT2D eigenvalue weighted by Gasteiger charge is 2.21. The Morgan fingerprint density at radius 3 is 2.08 bits per heavy atom. The highest BCUT2D eigenvalue weighted by atomic mass is 32.1. The van der Waals surface area contributed by atoms with Crippen molar-refractivity contribution in [3.05, 3.63) is 82.0 Å². The number of thiophene rings is 1. The molecular formula is C21H20O3S. The first-order valence-electron chi connectivity index (χ1n) is 8.27. The van der Waals surface area contributed by atoms with Gasteiger partial charge in [-0.2, -0.15) is 0 Å². The first-order valence-corrected chi connectivity index (χ1v) is 9.15. The molecule has 1 unspecified atom stereocenters. The van der Waals surface area contributed by atoms with Crippen LogP contribution in [0.3, 0.4) is 0 Å². The molecule has 1 aromatic heterocycles. The standard InChI is InChI=1S/C21H20O3S/c1-2-15-5-9-17(10-6-15)24-18-11-7-16(8-12-18)14-19(21(22)23)20-4-3-13-25-20/h3-13,19H,2,14H2,1H3,(H,22,23). The maximum absolute atomic E-state index is 11.5. The van der Waals surface area contributed by atoms with E-state index in [9.17, 15) is 9.90 Å². The number of ether oxygens (including phenoxy) is 1. The van der Waals surface area contributed by atoms with E-state index in [-0.39, 0.29) is 0 Å². The van der Waals surface area contributed by atoms with E-state index >= 15 is 0 Å². The van der Waals surface area contributed by atoms with E-state index in [2.05, 4.69) is 19.1 Å². The zero-order valence-electron chi connectivity index (χ0n) is 14.0. The van der Waals surface area contributed by atoms with E-state index in [1.54, 1.807) is 0 Å². The molecule has 4 heteroatoms. The van der Waals surface area contributed by atoms with Crippen molar-refractivity contribution < 1.29 is 14.6 Å². The molecule has 0 aliphatic carbocycles. The Bertz CT molecular complexity index is 805. The molecule has 0 aliphatic heterocycles. The molecule has 0 aliphatic rings. The maximum Gasteiger partial charge on any atom is 0.312 e. The molecule has 3 aromatic rings. The molecule has 3 rings (SSSR count). The lowest BCUT2D eigenvalue weighted by Gasteiger charge is -2.11. The number of aliphatic carboxylic acids is 1. The number of carboxylic acid groups (broad SMARTS) is 1. The van der Waals surface area contributed by atoms with Gasteiger partial charge in [0.25, 0.3) is 0 Å². The van der Waals surface area contributed by atoms with Gasteiger partial charge in [0.1, 0.15) is 11.5 Å². The fourth-order valence-corrected chi connectivity index (χ4v) is 3.48. The highest BCUT2D eigenvalue weighted by molar-refractivity contribution is 7.10. The summed E-state index contributed by atoms with van der Waals surface area (Å²) < 4.78 is 5.84. The quantitative estimate of drug-likeness (QED) is 0.609. The van der Waals surface area contributed by atoms with Crippen LogP contribution in [0.2, 0.25) is 0 Å². The second-order valence-electron chi connectivity index (χ2n) is 5.85. The van der Waals surface area contributed by atoms with Crippen molar-refractivity contribution in [1.82, 2.24) is 0 Å². The minimum absolute atomic E-state index is 0.474. The highest BCUT2D eigenvalue weighted by Crippen LogP contribution is 2.27. The second kappa shape index (κ2) is 7.99. The number of hydrogen-bond acceptors (Lipinski definition) is 3. The van der Waals surface area contributed by atoms with Gasteiger partial charge in [0, 0.05) is 4.88 Å². The lowest BCUT2D eigenvalue weighted by molar-refractivity contribution is -0.138. The number of hydrogen-bond donors (Lipinski definition) is 1. The van der Waals surface area contributed by atoms with Crippen molar-refractivity contribution >= 4 is 17.3 Å². The van der Waals surface area contributed by atoms with Crippen LogP contribution in [0.4, 0.5) is 0 Å². The average molecular weight is 352 g/mol. The summed E-state index contributed by atoms with van der Waals surface area (Å²) in [5.41, 5.74) is 2.26. The van der Waals surface area contributed by atoms with Gasteiger partial charge in [0.2, 0.25) is 0 Å². The number of carbonyl (C=O) groups is 1. The smallest absolute Gasteiger partial charge is 0.312 e. The average Bonchev–Trinajstić information content (AvgIpc) is 3.15. The van der Waals surface area contributed by atoms with E-state index in [4.69, 9.17) is 4.74 Å². The van der Waals surface area contributed by atoms with Gasteiger partial charge in [-0.05, 0) is 59.7 Å². The Morgan fingerprint density at radius 1 is 1.00 bits per heavy atom. The van der Waals surface area contributed by atoms with Gasteiger partial charge in [-0.3, -0.25) is 4.79 Å². The molecule has 0 bridgehead atoms. The summed E-state index contributed by atoms with van der Waals surface area (Å²) in [6.45, 7) is 2.12. The minimum Gasteiger partial charge on any atom is -0.481 e. The van der Waals surface area contributed by atoms with Crippen LogP contribution in [0.15, 0.2) is 66.0 Å². The summed E-state index contributed by atoms with van der Waals surface area (Å²) in [4.78, 5) is 12.4. The number of benzene rings is 2. The third-order valence-corrected chi connectivity index (χ3v) is 5.10. The van der Waals surface area contributed by atoms with Crippen LogP contribution >= 0.6 is 11.3 Å². The van der Waals surface area contributed by atoms with E-state index in [0.29, 0.717) is 6.42 Å². The number of aryl methyl sites for hydroxylation is 1. The fourth-order valence-electron chi connectivity index (χ4n) is 2.66. The number of carboxylic acids is 1. The van der Waals surface area contributed by atoms with Crippen LogP contribution in [0.25, 0.3) is 0 Å². The Balaban J connectivity index is 1.67. The molecule has 1 atom stereocenters. The van der Waals surface area contributed by atoms with E-state index < -0.39 is 11.9 Å². The molecule has 0 spiro atoms. The van der Waals surface area contributed by atoms with Gasteiger partial charge in [0.15, 0.2) is 0 Å². The van der Waals surface area contributed by atoms with Crippen LogP contribution in [-0.2, 0) is 17.6 Å². The van der Waals surface area contributed by atoms with Crippen LogP contribution in [0.5, 0.6) is 11.5 Å². The van der Waals surface area contributed by atoms with Gasteiger partial charge in [-0.25, -0.2) is 0 Å². The molecule has 0 radical (unpaired) electrons. The predicted octanol–water partition coefficient (Wildman–Crippen LogP) is 5.51. The topological polar surface area (TPSA) is 46.5 Å². The summed E-state index contributed by atoms with van der Waals surface area (Å²) >= 11 is 1.48. The molecule has 0 fully saturated rings. The first-order chi connectivity index (χ1) is 12.2. The van der Waals surface area contributed by atoms with Gasteiger partial charge in [-0.1, -0.05) is 37.3 Å². The van der Waals surface area contributed by atoms with E-state index in [1.165, 1.54) is 16.9 Å². The zero-order valence-corrected chi connectivity index (χ0v) is 14.8. The molecule has 1 N–H and O–H groups in total. The molecule has 0 saturated heterocycles. The van der Waals surface area contributed by atoms with E-state index in [1.807, 2.05) is 53.9 Å². The molecule has 0 saturated carbocycles. The Morgan fingerprint density at radius 2 is 1.60 bits per heavy atom.